The zero-order valence-corrected chi connectivity index (χ0v) is 38.6. The number of hydrogen-bond acceptors (Lipinski definition) is 2. The van der Waals surface area contributed by atoms with Crippen molar-refractivity contribution in [1.29, 1.82) is 0 Å². The van der Waals surface area contributed by atoms with Gasteiger partial charge in [-0.3, -0.25) is 0 Å². The minimum Gasteiger partial charge on any atom is -0.310 e. The number of benzene rings is 12. The van der Waals surface area contributed by atoms with Gasteiger partial charge in [0.15, 0.2) is 0 Å². The third-order valence-corrected chi connectivity index (χ3v) is 13.4. The standard InChI is InChI=1S/C68H48N2/c1-5-17-49(18-6-1)53-29-37-59(38-30-53)69(60-39-31-54(32-40-60)50-19-7-2-8-20-50)63-45-58(68-47-57-25-13-14-26-65(57)66-27-15-16-28-67(66)68)46-64(48-63)70(61-41-33-55(34-42-61)51-21-9-3-10-22-51)62-43-35-56(36-44-62)52-23-11-4-12-24-52/h1-48H. The van der Waals surface area contributed by atoms with E-state index in [4.69, 9.17) is 0 Å². The molecule has 0 N–H and O–H groups in total. The van der Waals surface area contributed by atoms with Crippen molar-refractivity contribution in [2.75, 3.05) is 9.80 Å². The Hall–Kier alpha value is -9.24. The fourth-order valence-electron chi connectivity index (χ4n) is 9.93. The summed E-state index contributed by atoms with van der Waals surface area (Å²) in [6.07, 6.45) is 0. The largest absolute Gasteiger partial charge is 0.310 e. The molecular formula is C68H48N2. The van der Waals surface area contributed by atoms with Crippen molar-refractivity contribution in [3.63, 3.8) is 0 Å². The van der Waals surface area contributed by atoms with Gasteiger partial charge in [-0.15, -0.1) is 0 Å². The summed E-state index contributed by atoms with van der Waals surface area (Å²) >= 11 is 0. The quantitative estimate of drug-likeness (QED) is 0.119. The Balaban J connectivity index is 1.10. The lowest BCUT2D eigenvalue weighted by Crippen LogP contribution is -2.14. The van der Waals surface area contributed by atoms with Crippen molar-refractivity contribution in [3.05, 3.63) is 291 Å². The molecule has 330 valence electrons. The maximum Gasteiger partial charge on any atom is 0.0488 e. The molecule has 12 aromatic carbocycles. The first-order chi connectivity index (χ1) is 34.7. The molecule has 0 saturated carbocycles. The van der Waals surface area contributed by atoms with Crippen molar-refractivity contribution in [2.24, 2.45) is 0 Å². The van der Waals surface area contributed by atoms with Crippen molar-refractivity contribution in [3.8, 4) is 55.6 Å². The zero-order valence-electron chi connectivity index (χ0n) is 38.6. The van der Waals surface area contributed by atoms with Crippen LogP contribution in [0.4, 0.5) is 34.1 Å². The molecule has 0 spiro atoms. The van der Waals surface area contributed by atoms with Gasteiger partial charge in [0.1, 0.15) is 0 Å². The number of nitrogens with zero attached hydrogens (tertiary/aromatic N) is 2. The Morgan fingerprint density at radius 3 is 0.814 bits per heavy atom. The molecule has 0 amide bonds. The van der Waals surface area contributed by atoms with Crippen LogP contribution >= 0.6 is 0 Å². The molecule has 0 saturated heterocycles. The molecule has 0 bridgehead atoms. The van der Waals surface area contributed by atoms with Gasteiger partial charge in [-0.1, -0.05) is 218 Å². The Morgan fingerprint density at radius 2 is 0.457 bits per heavy atom. The van der Waals surface area contributed by atoms with Gasteiger partial charge in [0.25, 0.3) is 0 Å². The normalized spacial score (nSPS) is 11.1. The summed E-state index contributed by atoms with van der Waals surface area (Å²) in [5, 5.41) is 4.90. The van der Waals surface area contributed by atoms with E-state index in [1.165, 1.54) is 71.6 Å². The van der Waals surface area contributed by atoms with E-state index in [9.17, 15) is 0 Å². The van der Waals surface area contributed by atoms with Crippen molar-refractivity contribution in [2.45, 2.75) is 0 Å². The molecule has 0 aliphatic rings. The lowest BCUT2D eigenvalue weighted by atomic mass is 9.92. The molecule has 0 unspecified atom stereocenters. The van der Waals surface area contributed by atoms with E-state index in [2.05, 4.69) is 301 Å². The molecule has 12 aromatic rings. The molecule has 0 aliphatic carbocycles. The average molecular weight is 893 g/mol. The lowest BCUT2D eigenvalue weighted by Gasteiger charge is -2.31. The molecule has 0 fully saturated rings. The van der Waals surface area contributed by atoms with Crippen molar-refractivity contribution in [1.82, 2.24) is 0 Å². The minimum atomic E-state index is 1.04. The highest BCUT2D eigenvalue weighted by molar-refractivity contribution is 6.14. The summed E-state index contributed by atoms with van der Waals surface area (Å²) in [4.78, 5) is 4.82. The van der Waals surface area contributed by atoms with Gasteiger partial charge in [0, 0.05) is 34.1 Å². The fourth-order valence-corrected chi connectivity index (χ4v) is 9.93. The van der Waals surface area contributed by atoms with E-state index in [1.54, 1.807) is 0 Å². The van der Waals surface area contributed by atoms with Gasteiger partial charge in [-0.05, 0) is 150 Å². The second-order valence-corrected chi connectivity index (χ2v) is 17.8. The molecule has 2 heteroatoms. The Morgan fingerprint density at radius 1 is 0.171 bits per heavy atom. The second-order valence-electron chi connectivity index (χ2n) is 17.8. The van der Waals surface area contributed by atoms with Gasteiger partial charge in [-0.25, -0.2) is 0 Å². The highest BCUT2D eigenvalue weighted by Crippen LogP contribution is 2.46. The number of anilines is 6. The predicted octanol–water partition coefficient (Wildman–Crippen LogP) is 19.3. The third kappa shape index (κ3) is 8.40. The van der Waals surface area contributed by atoms with Crippen LogP contribution < -0.4 is 9.80 Å². The van der Waals surface area contributed by atoms with Crippen LogP contribution in [0.3, 0.4) is 0 Å². The second kappa shape index (κ2) is 18.8. The molecule has 0 radical (unpaired) electrons. The van der Waals surface area contributed by atoms with E-state index in [-0.39, 0.29) is 0 Å². The topological polar surface area (TPSA) is 6.48 Å². The van der Waals surface area contributed by atoms with Gasteiger partial charge in [-0.2, -0.15) is 0 Å². The van der Waals surface area contributed by atoms with Crippen LogP contribution in [0.25, 0.3) is 77.2 Å². The SMILES string of the molecule is c1ccc(-c2ccc(N(c3ccc(-c4ccccc4)cc3)c3cc(-c4cc5ccccc5c5ccccc45)cc(N(c4ccc(-c5ccccc5)cc4)c4ccc(-c5ccccc5)cc4)c3)cc2)cc1. The van der Waals surface area contributed by atoms with Gasteiger partial charge in [0.2, 0.25) is 0 Å². The van der Waals surface area contributed by atoms with Crippen molar-refractivity contribution < 1.29 is 0 Å². The van der Waals surface area contributed by atoms with Crippen LogP contribution in [0.15, 0.2) is 291 Å². The Kier molecular flexibility index (Phi) is 11.3. The van der Waals surface area contributed by atoms with Crippen LogP contribution in [0.1, 0.15) is 0 Å². The summed E-state index contributed by atoms with van der Waals surface area (Å²) in [5.74, 6) is 0. The Labute approximate surface area is 410 Å². The summed E-state index contributed by atoms with van der Waals surface area (Å²) in [6.45, 7) is 0. The van der Waals surface area contributed by atoms with Crippen molar-refractivity contribution >= 4 is 55.7 Å². The average Bonchev–Trinajstić information content (AvgIpc) is 3.45. The zero-order chi connectivity index (χ0) is 46.6. The maximum atomic E-state index is 2.41. The van der Waals surface area contributed by atoms with E-state index in [0.717, 1.165) is 39.7 Å². The van der Waals surface area contributed by atoms with Gasteiger partial charge >= 0.3 is 0 Å². The molecular weight excluding hydrogens is 845 g/mol. The smallest absolute Gasteiger partial charge is 0.0488 e. The molecule has 0 aliphatic heterocycles. The first-order valence-electron chi connectivity index (χ1n) is 24.0. The van der Waals surface area contributed by atoms with E-state index in [1.807, 2.05) is 0 Å². The first-order valence-corrected chi connectivity index (χ1v) is 24.0. The molecule has 0 heterocycles. The van der Waals surface area contributed by atoms with Gasteiger partial charge in [0.05, 0.1) is 0 Å². The third-order valence-electron chi connectivity index (χ3n) is 13.4. The summed E-state index contributed by atoms with van der Waals surface area (Å²) < 4.78 is 0. The minimum absolute atomic E-state index is 1.04. The van der Waals surface area contributed by atoms with E-state index < -0.39 is 0 Å². The van der Waals surface area contributed by atoms with Crippen LogP contribution in [-0.2, 0) is 0 Å². The predicted molar refractivity (Wildman–Crippen MR) is 298 cm³/mol. The maximum absolute atomic E-state index is 2.41. The summed E-state index contributed by atoms with van der Waals surface area (Å²) in [7, 11) is 0. The summed E-state index contributed by atoms with van der Waals surface area (Å²) in [6, 6.07) is 106. The highest BCUT2D eigenvalue weighted by Gasteiger charge is 2.21. The molecule has 0 atom stereocenters. The monoisotopic (exact) mass is 892 g/mol. The molecule has 2 nitrogen and oxygen atoms in total. The first kappa shape index (κ1) is 42.1. The van der Waals surface area contributed by atoms with Gasteiger partial charge < -0.3 is 9.80 Å². The van der Waals surface area contributed by atoms with Crippen LogP contribution in [0, 0.1) is 0 Å². The van der Waals surface area contributed by atoms with E-state index >= 15 is 0 Å². The fraction of sp³-hybridized carbons (Fsp3) is 0. The lowest BCUT2D eigenvalue weighted by molar-refractivity contribution is 1.25. The van der Waals surface area contributed by atoms with Crippen LogP contribution in [0.2, 0.25) is 0 Å². The molecule has 0 aromatic heterocycles. The number of rotatable bonds is 11. The molecule has 12 rings (SSSR count). The highest BCUT2D eigenvalue weighted by atomic mass is 15.2. The summed E-state index contributed by atoms with van der Waals surface area (Å²) in [5.41, 5.74) is 18.0. The van der Waals surface area contributed by atoms with E-state index in [0.29, 0.717) is 0 Å². The van der Waals surface area contributed by atoms with Crippen LogP contribution in [-0.4, -0.2) is 0 Å². The Bertz CT molecular complexity index is 3350. The molecule has 70 heavy (non-hydrogen) atoms. The number of hydrogen-bond donors (Lipinski definition) is 0. The number of fused-ring (bicyclic) bond motifs is 3. The van der Waals surface area contributed by atoms with Crippen LogP contribution in [0.5, 0.6) is 0 Å².